The molecule has 4 aromatic rings. The van der Waals surface area contributed by atoms with E-state index in [0.717, 1.165) is 17.3 Å². The second-order valence-corrected chi connectivity index (χ2v) is 6.79. The molecule has 0 saturated carbocycles. The van der Waals surface area contributed by atoms with E-state index in [-0.39, 0.29) is 12.3 Å². The van der Waals surface area contributed by atoms with Crippen LogP contribution < -0.4 is 5.32 Å². The van der Waals surface area contributed by atoms with Crippen LogP contribution in [0.2, 0.25) is 0 Å². The number of phenols is 1. The molecule has 0 saturated heterocycles. The fourth-order valence-electron chi connectivity index (χ4n) is 3.50. The largest absolute Gasteiger partial charge is 0.508 e. The Morgan fingerprint density at radius 3 is 2.59 bits per heavy atom. The van der Waals surface area contributed by atoms with Crippen molar-refractivity contribution in [3.8, 4) is 5.75 Å². The molecule has 0 fully saturated rings. The van der Waals surface area contributed by atoms with Crippen molar-refractivity contribution in [2.45, 2.75) is 20.0 Å². The number of fused-ring (bicyclic) bond motifs is 1. The summed E-state index contributed by atoms with van der Waals surface area (Å²) in [5.41, 5.74) is 2.15. The first-order valence-electron chi connectivity index (χ1n) is 9.00. The summed E-state index contributed by atoms with van der Waals surface area (Å²) in [6, 6.07) is 11.6. The highest BCUT2D eigenvalue weighted by atomic mass is 19.1. The van der Waals surface area contributed by atoms with E-state index in [1.165, 1.54) is 18.2 Å². The highest BCUT2D eigenvalue weighted by molar-refractivity contribution is 6.08. The maximum absolute atomic E-state index is 13.4. The van der Waals surface area contributed by atoms with Gasteiger partial charge in [0.1, 0.15) is 23.1 Å². The minimum Gasteiger partial charge on any atom is -0.508 e. The van der Waals surface area contributed by atoms with Gasteiger partial charge in [-0.15, -0.1) is 0 Å². The maximum atomic E-state index is 13.4. The monoisotopic (exact) mass is 396 g/mol. The van der Waals surface area contributed by atoms with Gasteiger partial charge in [0.25, 0.3) is 5.91 Å². The van der Waals surface area contributed by atoms with Gasteiger partial charge in [0.05, 0.1) is 18.4 Å². The van der Waals surface area contributed by atoms with Crippen LogP contribution >= 0.6 is 0 Å². The van der Waals surface area contributed by atoms with E-state index in [0.29, 0.717) is 28.8 Å². The van der Waals surface area contributed by atoms with E-state index >= 15 is 0 Å². The van der Waals surface area contributed by atoms with E-state index in [2.05, 4.69) is 5.32 Å². The number of halogens is 2. The van der Waals surface area contributed by atoms with Gasteiger partial charge in [0.15, 0.2) is 0 Å². The number of amides is 1. The molecule has 7 heteroatoms. The zero-order valence-corrected chi connectivity index (χ0v) is 15.6. The SMILES string of the molecule is Cc1c(C(=O)NCc2cc(F)cc(F)c2)c2cc(O)ccc2n1Cc1ccco1. The number of hydrogen-bond acceptors (Lipinski definition) is 3. The fourth-order valence-corrected chi connectivity index (χ4v) is 3.50. The maximum Gasteiger partial charge on any atom is 0.254 e. The molecule has 1 amide bonds. The number of benzene rings is 2. The number of aromatic hydroxyl groups is 1. The van der Waals surface area contributed by atoms with Crippen LogP contribution in [0.15, 0.2) is 59.2 Å². The Morgan fingerprint density at radius 2 is 1.90 bits per heavy atom. The summed E-state index contributed by atoms with van der Waals surface area (Å²) in [6.45, 7) is 2.19. The molecular weight excluding hydrogens is 378 g/mol. The van der Waals surface area contributed by atoms with Crippen LogP contribution in [0.4, 0.5) is 8.78 Å². The van der Waals surface area contributed by atoms with Gasteiger partial charge in [-0.2, -0.15) is 0 Å². The Labute approximate surface area is 165 Å². The number of phenolic OH excluding ortho intramolecular Hbond substituents is 1. The van der Waals surface area contributed by atoms with E-state index in [1.807, 2.05) is 10.6 Å². The lowest BCUT2D eigenvalue weighted by Gasteiger charge is -2.08. The molecule has 5 nitrogen and oxygen atoms in total. The molecule has 2 N–H and O–H groups in total. The summed E-state index contributed by atoms with van der Waals surface area (Å²) in [6.07, 6.45) is 1.58. The first-order valence-corrected chi connectivity index (χ1v) is 9.00. The second-order valence-electron chi connectivity index (χ2n) is 6.79. The predicted octanol–water partition coefficient (Wildman–Crippen LogP) is 4.50. The van der Waals surface area contributed by atoms with Gasteiger partial charge in [-0.25, -0.2) is 8.78 Å². The number of nitrogens with zero attached hydrogens (tertiary/aromatic N) is 1. The van der Waals surface area contributed by atoms with Crippen LogP contribution in [-0.2, 0) is 13.1 Å². The average Bonchev–Trinajstić information content (AvgIpc) is 3.26. The topological polar surface area (TPSA) is 67.4 Å². The molecule has 148 valence electrons. The number of aromatic nitrogens is 1. The highest BCUT2D eigenvalue weighted by Crippen LogP contribution is 2.30. The van der Waals surface area contributed by atoms with Crippen LogP contribution in [-0.4, -0.2) is 15.6 Å². The summed E-state index contributed by atoms with van der Waals surface area (Å²) in [5.74, 6) is -1.05. The fraction of sp³-hybridized carbons (Fsp3) is 0.136. The zero-order chi connectivity index (χ0) is 20.5. The third kappa shape index (κ3) is 3.71. The number of carbonyl (C=O) groups is 1. The van der Waals surface area contributed by atoms with Gasteiger partial charge in [-0.3, -0.25) is 4.79 Å². The van der Waals surface area contributed by atoms with Gasteiger partial charge >= 0.3 is 0 Å². The molecule has 0 atom stereocenters. The summed E-state index contributed by atoms with van der Waals surface area (Å²) in [4.78, 5) is 12.9. The second kappa shape index (κ2) is 7.43. The van der Waals surface area contributed by atoms with Gasteiger partial charge in [0.2, 0.25) is 0 Å². The number of hydrogen-bond donors (Lipinski definition) is 2. The summed E-state index contributed by atoms with van der Waals surface area (Å²) >= 11 is 0. The smallest absolute Gasteiger partial charge is 0.254 e. The van der Waals surface area contributed by atoms with E-state index in [4.69, 9.17) is 4.42 Å². The van der Waals surface area contributed by atoms with Crippen molar-refractivity contribution in [1.29, 1.82) is 0 Å². The van der Waals surface area contributed by atoms with Crippen molar-refractivity contribution in [2.24, 2.45) is 0 Å². The lowest BCUT2D eigenvalue weighted by molar-refractivity contribution is 0.0951. The Kier molecular flexibility index (Phi) is 4.80. The molecule has 0 spiro atoms. The molecule has 0 aliphatic rings. The van der Waals surface area contributed by atoms with Crippen molar-refractivity contribution in [2.75, 3.05) is 0 Å². The lowest BCUT2D eigenvalue weighted by atomic mass is 10.1. The molecule has 2 aromatic carbocycles. The van der Waals surface area contributed by atoms with Crippen molar-refractivity contribution in [3.63, 3.8) is 0 Å². The van der Waals surface area contributed by atoms with Crippen LogP contribution in [0, 0.1) is 18.6 Å². The predicted molar refractivity (Wildman–Crippen MR) is 104 cm³/mol. The minimum atomic E-state index is -0.703. The molecule has 2 aromatic heterocycles. The summed E-state index contributed by atoms with van der Waals surface area (Å²) in [7, 11) is 0. The Morgan fingerprint density at radius 1 is 1.14 bits per heavy atom. The minimum absolute atomic E-state index is 0.0311. The molecule has 0 aliphatic heterocycles. The number of rotatable bonds is 5. The molecule has 2 heterocycles. The first-order chi connectivity index (χ1) is 13.9. The third-order valence-corrected chi connectivity index (χ3v) is 4.80. The van der Waals surface area contributed by atoms with E-state index < -0.39 is 17.5 Å². The van der Waals surface area contributed by atoms with Crippen LogP contribution in [0.5, 0.6) is 5.75 Å². The van der Waals surface area contributed by atoms with E-state index in [1.54, 1.807) is 31.4 Å². The summed E-state index contributed by atoms with van der Waals surface area (Å²) in [5, 5.41) is 13.2. The van der Waals surface area contributed by atoms with Gasteiger partial charge < -0.3 is 19.4 Å². The van der Waals surface area contributed by atoms with E-state index in [9.17, 15) is 18.7 Å². The van der Waals surface area contributed by atoms with Crippen molar-refractivity contribution in [1.82, 2.24) is 9.88 Å². The normalized spacial score (nSPS) is 11.1. The van der Waals surface area contributed by atoms with Gasteiger partial charge in [0, 0.05) is 29.2 Å². The molecule has 0 bridgehead atoms. The van der Waals surface area contributed by atoms with Gasteiger partial charge in [-0.1, -0.05) is 0 Å². The molecule has 0 radical (unpaired) electrons. The first kappa shape index (κ1) is 18.7. The van der Waals surface area contributed by atoms with Gasteiger partial charge in [-0.05, 0) is 55.0 Å². The zero-order valence-electron chi connectivity index (χ0n) is 15.6. The lowest BCUT2D eigenvalue weighted by Crippen LogP contribution is -2.23. The van der Waals surface area contributed by atoms with Crippen LogP contribution in [0.3, 0.4) is 0 Å². The number of nitrogens with one attached hydrogen (secondary N) is 1. The number of carbonyl (C=O) groups excluding carboxylic acids is 1. The molecule has 0 unspecified atom stereocenters. The Hall–Kier alpha value is -3.61. The number of furan rings is 1. The van der Waals surface area contributed by atoms with Crippen LogP contribution in [0.25, 0.3) is 10.9 Å². The molecule has 0 aliphatic carbocycles. The average molecular weight is 396 g/mol. The Balaban J connectivity index is 1.69. The summed E-state index contributed by atoms with van der Waals surface area (Å²) < 4.78 is 34.1. The molecule has 4 rings (SSSR count). The third-order valence-electron chi connectivity index (χ3n) is 4.80. The standard InChI is InChI=1S/C22H18F2N2O3/c1-13-21(22(28)25-11-14-7-15(23)9-16(24)8-14)19-10-17(27)4-5-20(19)26(13)12-18-3-2-6-29-18/h2-10,27H,11-12H2,1H3,(H,25,28). The molecule has 29 heavy (non-hydrogen) atoms. The van der Waals surface area contributed by atoms with Crippen molar-refractivity contribution < 1.29 is 23.1 Å². The van der Waals surface area contributed by atoms with Crippen molar-refractivity contribution in [3.05, 3.63) is 89.0 Å². The quantitative estimate of drug-likeness (QED) is 0.522. The highest BCUT2D eigenvalue weighted by Gasteiger charge is 2.21. The molecular formula is C22H18F2N2O3. The van der Waals surface area contributed by atoms with Crippen LogP contribution in [0.1, 0.15) is 27.4 Å². The van der Waals surface area contributed by atoms with Crippen molar-refractivity contribution >= 4 is 16.8 Å². The Bertz CT molecular complexity index is 1180.